The van der Waals surface area contributed by atoms with Gasteiger partial charge in [-0.15, -0.1) is 0 Å². The average Bonchev–Trinajstić information content (AvgIpc) is 3.16. The minimum Gasteiger partial charge on any atom is -0.308 e. The molecule has 0 N–H and O–H groups in total. The highest BCUT2D eigenvalue weighted by Crippen LogP contribution is 2.49. The fourth-order valence-electron chi connectivity index (χ4n) is 12.3. The Balaban J connectivity index is 1.04. The van der Waals surface area contributed by atoms with E-state index in [4.69, 9.17) is 9.97 Å². The number of hydrogen-bond acceptors (Lipinski definition) is 2. The van der Waals surface area contributed by atoms with E-state index in [1.165, 1.54) is 16.7 Å². The molecule has 0 amide bonds. The minimum absolute atomic E-state index is 0.651. The first kappa shape index (κ1) is 50.7. The lowest BCUT2D eigenvalue weighted by atomic mass is 9.91. The van der Waals surface area contributed by atoms with Gasteiger partial charge in [0.25, 0.3) is 0 Å². The van der Waals surface area contributed by atoms with Gasteiger partial charge in [-0.25, -0.2) is 9.97 Å². The molecule has 398 valence electrons. The van der Waals surface area contributed by atoms with Crippen LogP contribution in [0.15, 0.2) is 334 Å². The lowest BCUT2D eigenvalue weighted by Gasteiger charge is -2.22. The Morgan fingerprint density at radius 2 is 0.447 bits per heavy atom. The summed E-state index contributed by atoms with van der Waals surface area (Å²) >= 11 is 0. The third-order valence-electron chi connectivity index (χ3n) is 16.4. The third kappa shape index (κ3) is 9.80. The molecule has 0 unspecified atom stereocenters. The Morgan fingerprint density at radius 3 is 0.788 bits per heavy atom. The molecule has 0 bridgehead atoms. The predicted molar refractivity (Wildman–Crippen MR) is 356 cm³/mol. The molecular weight excluding hydrogens is 1030 g/mol. The second-order valence-corrected chi connectivity index (χ2v) is 21.6. The fourth-order valence-corrected chi connectivity index (χ4v) is 12.3. The molecule has 85 heavy (non-hydrogen) atoms. The monoisotopic (exact) mass is 1080 g/mol. The van der Waals surface area contributed by atoms with Crippen molar-refractivity contribution in [3.05, 3.63) is 334 Å². The molecule has 2 aromatic heterocycles. The van der Waals surface area contributed by atoms with Crippen molar-refractivity contribution in [2.75, 3.05) is 0 Å². The highest BCUT2D eigenvalue weighted by atomic mass is 15.0. The normalized spacial score (nSPS) is 11.3. The molecule has 15 aromatic rings. The van der Waals surface area contributed by atoms with Crippen molar-refractivity contribution in [2.24, 2.45) is 0 Å². The summed E-state index contributed by atoms with van der Waals surface area (Å²) in [5.74, 6) is 0.651. The quantitative estimate of drug-likeness (QED) is 0.122. The van der Waals surface area contributed by atoms with Crippen LogP contribution in [-0.2, 0) is 0 Å². The van der Waals surface area contributed by atoms with Gasteiger partial charge in [0.1, 0.15) is 0 Å². The first-order valence-electron chi connectivity index (χ1n) is 29.0. The third-order valence-corrected chi connectivity index (χ3v) is 16.4. The van der Waals surface area contributed by atoms with Crippen LogP contribution in [0, 0.1) is 0 Å². The molecule has 2 heterocycles. The summed E-state index contributed by atoms with van der Waals surface area (Å²) in [5, 5.41) is 2.32. The standard InChI is InChI=1S/C82H55N3/c1-9-25-56(26-10-1)58-41-45-66(46-42-58)77-55-78(84-82(83-77)67-47-43-59(44-48-67)57-27-11-2-12-28-57)68-49-73(64-37-21-7-22-38-64)81(74(50-68)65-39-23-8-24-40-65)85-79-53-71(62-33-17-5-18-34-62)69(60-29-13-3-14-30-60)51-75(79)76-52-70(61-31-15-4-16-32-61)72(54-80(76)85)63-35-19-6-20-36-63/h1-55H. The number of fused-ring (bicyclic) bond motifs is 3. The summed E-state index contributed by atoms with van der Waals surface area (Å²) in [6.07, 6.45) is 0. The van der Waals surface area contributed by atoms with Crippen molar-refractivity contribution in [1.82, 2.24) is 14.5 Å². The lowest BCUT2D eigenvalue weighted by molar-refractivity contribution is 1.17. The second-order valence-electron chi connectivity index (χ2n) is 21.6. The predicted octanol–water partition coefficient (Wildman–Crippen LogP) is 21.9. The van der Waals surface area contributed by atoms with Gasteiger partial charge in [-0.2, -0.15) is 0 Å². The molecule has 0 radical (unpaired) electrons. The minimum atomic E-state index is 0.651. The highest BCUT2D eigenvalue weighted by molar-refractivity contribution is 6.16. The average molecular weight is 1080 g/mol. The Morgan fingerprint density at radius 1 is 0.188 bits per heavy atom. The first-order valence-corrected chi connectivity index (χ1v) is 29.0. The van der Waals surface area contributed by atoms with Gasteiger partial charge in [-0.1, -0.05) is 291 Å². The number of aromatic nitrogens is 3. The molecule has 0 saturated carbocycles. The molecule has 15 rings (SSSR count). The molecule has 0 saturated heterocycles. The van der Waals surface area contributed by atoms with Crippen LogP contribution >= 0.6 is 0 Å². The lowest BCUT2D eigenvalue weighted by Crippen LogP contribution is -2.03. The Kier molecular flexibility index (Phi) is 13.3. The van der Waals surface area contributed by atoms with E-state index in [1.807, 2.05) is 0 Å². The smallest absolute Gasteiger partial charge is 0.160 e. The zero-order valence-electron chi connectivity index (χ0n) is 46.6. The summed E-state index contributed by atoms with van der Waals surface area (Å²) in [6.45, 7) is 0. The highest BCUT2D eigenvalue weighted by Gasteiger charge is 2.26. The van der Waals surface area contributed by atoms with E-state index in [0.717, 1.165) is 128 Å². The van der Waals surface area contributed by atoms with E-state index in [-0.39, 0.29) is 0 Å². The van der Waals surface area contributed by atoms with Gasteiger partial charge in [0.05, 0.1) is 28.1 Å². The van der Waals surface area contributed by atoms with E-state index < -0.39 is 0 Å². The van der Waals surface area contributed by atoms with Crippen molar-refractivity contribution in [3.8, 4) is 129 Å². The molecule has 0 atom stereocenters. The SMILES string of the molecule is c1ccc(-c2ccc(-c3cc(-c4cc(-c5ccccc5)c(-n5c6cc(-c7ccccc7)c(-c7ccccc7)cc6c6cc(-c7ccccc7)c(-c7ccccc7)cc65)c(-c5ccccc5)c4)nc(-c4ccc(-c5ccccc5)cc4)n3)cc2)cc1. The fraction of sp³-hybridized carbons (Fsp3) is 0. The van der Waals surface area contributed by atoms with Crippen LogP contribution in [0.5, 0.6) is 0 Å². The van der Waals surface area contributed by atoms with Crippen molar-refractivity contribution in [3.63, 3.8) is 0 Å². The molecule has 13 aromatic carbocycles. The summed E-state index contributed by atoms with van der Waals surface area (Å²) in [4.78, 5) is 11.0. The molecule has 0 aliphatic rings. The van der Waals surface area contributed by atoms with Gasteiger partial charge in [0.15, 0.2) is 5.82 Å². The maximum atomic E-state index is 5.58. The number of benzene rings is 13. The summed E-state index contributed by atoms with van der Waals surface area (Å²) < 4.78 is 2.57. The van der Waals surface area contributed by atoms with Crippen molar-refractivity contribution < 1.29 is 0 Å². The van der Waals surface area contributed by atoms with E-state index in [0.29, 0.717) is 5.82 Å². The van der Waals surface area contributed by atoms with Crippen LogP contribution in [0.25, 0.3) is 150 Å². The second kappa shape index (κ2) is 22.2. The molecule has 0 aliphatic carbocycles. The zero-order valence-corrected chi connectivity index (χ0v) is 46.6. The number of nitrogens with zero attached hydrogens (tertiary/aromatic N) is 3. The summed E-state index contributed by atoms with van der Waals surface area (Å²) in [5.41, 5.74) is 26.1. The largest absolute Gasteiger partial charge is 0.308 e. The van der Waals surface area contributed by atoms with Crippen molar-refractivity contribution >= 4 is 21.8 Å². The molecule has 0 fully saturated rings. The van der Waals surface area contributed by atoms with Gasteiger partial charge in [0, 0.05) is 38.6 Å². The first-order chi connectivity index (χ1) is 42.1. The van der Waals surface area contributed by atoms with Crippen molar-refractivity contribution in [1.29, 1.82) is 0 Å². The van der Waals surface area contributed by atoms with Crippen molar-refractivity contribution in [2.45, 2.75) is 0 Å². The van der Waals surface area contributed by atoms with E-state index in [9.17, 15) is 0 Å². The maximum absolute atomic E-state index is 5.58. The Hall–Kier alpha value is -11.3. The van der Waals surface area contributed by atoms with Crippen LogP contribution in [0.4, 0.5) is 0 Å². The molecule has 0 aliphatic heterocycles. The van der Waals surface area contributed by atoms with Crippen LogP contribution in [0.2, 0.25) is 0 Å². The van der Waals surface area contributed by atoms with E-state index >= 15 is 0 Å². The number of hydrogen-bond donors (Lipinski definition) is 0. The summed E-state index contributed by atoms with van der Waals surface area (Å²) in [7, 11) is 0. The van der Waals surface area contributed by atoms with Crippen LogP contribution in [0.3, 0.4) is 0 Å². The van der Waals surface area contributed by atoms with Crippen LogP contribution in [0.1, 0.15) is 0 Å². The number of rotatable bonds is 12. The Bertz CT molecular complexity index is 4530. The Labute approximate surface area is 495 Å². The molecular formula is C82H55N3. The maximum Gasteiger partial charge on any atom is 0.160 e. The van der Waals surface area contributed by atoms with Gasteiger partial charge in [-0.05, 0) is 120 Å². The van der Waals surface area contributed by atoms with E-state index in [2.05, 4.69) is 338 Å². The molecule has 0 spiro atoms. The van der Waals surface area contributed by atoms with Crippen LogP contribution < -0.4 is 0 Å². The summed E-state index contributed by atoms with van der Waals surface area (Å²) in [6, 6.07) is 120. The van der Waals surface area contributed by atoms with Gasteiger partial charge in [0.2, 0.25) is 0 Å². The van der Waals surface area contributed by atoms with Gasteiger partial charge < -0.3 is 4.57 Å². The molecule has 3 heteroatoms. The van der Waals surface area contributed by atoms with Gasteiger partial charge in [-0.3, -0.25) is 0 Å². The van der Waals surface area contributed by atoms with E-state index in [1.54, 1.807) is 0 Å². The van der Waals surface area contributed by atoms with Gasteiger partial charge >= 0.3 is 0 Å². The topological polar surface area (TPSA) is 30.7 Å². The molecule has 3 nitrogen and oxygen atoms in total. The zero-order chi connectivity index (χ0) is 56.5. The van der Waals surface area contributed by atoms with Crippen LogP contribution in [-0.4, -0.2) is 14.5 Å².